The van der Waals surface area contributed by atoms with Gasteiger partial charge in [0, 0.05) is 35.8 Å². The van der Waals surface area contributed by atoms with Crippen LogP contribution in [0.3, 0.4) is 0 Å². The number of aryl methyl sites for hydroxylation is 1. The highest BCUT2D eigenvalue weighted by molar-refractivity contribution is 5.73. The molecule has 4 aromatic rings. The molecule has 1 aliphatic carbocycles. The first kappa shape index (κ1) is 24.8. The van der Waals surface area contributed by atoms with E-state index in [9.17, 15) is 9.90 Å². The molecule has 1 atom stereocenters. The van der Waals surface area contributed by atoms with Gasteiger partial charge in [-0.1, -0.05) is 92.2 Å². The molecule has 0 spiro atoms. The molecular formula is C33H33NO3. The number of hydrogen-bond acceptors (Lipinski definition) is 2. The number of carboxylic acids is 1. The summed E-state index contributed by atoms with van der Waals surface area (Å²) < 4.78 is 8.81. The lowest BCUT2D eigenvalue weighted by Gasteiger charge is -2.34. The maximum absolute atomic E-state index is 12.5. The zero-order valence-electron chi connectivity index (χ0n) is 21.2. The molecule has 188 valence electrons. The normalized spacial score (nSPS) is 19.8. The van der Waals surface area contributed by atoms with Crippen LogP contribution in [-0.2, 0) is 28.0 Å². The summed E-state index contributed by atoms with van der Waals surface area (Å²) in [5.74, 6) is -0.861. The smallest absolute Gasteiger partial charge is 0.333 e. The number of aromatic nitrogens is 1. The van der Waals surface area contributed by atoms with Crippen LogP contribution in [0.4, 0.5) is 0 Å². The van der Waals surface area contributed by atoms with Crippen molar-refractivity contribution in [2.45, 2.75) is 50.2 Å². The van der Waals surface area contributed by atoms with Gasteiger partial charge >= 0.3 is 5.97 Å². The summed E-state index contributed by atoms with van der Waals surface area (Å²) in [6.07, 6.45) is 14.9. The van der Waals surface area contributed by atoms with Gasteiger partial charge in [-0.25, -0.2) is 4.79 Å². The molecule has 1 N–H and O–H groups in total. The molecule has 0 amide bonds. The number of pyridine rings is 1. The maximum atomic E-state index is 12.5. The van der Waals surface area contributed by atoms with E-state index >= 15 is 0 Å². The number of nitrogens with zero attached hydrogens (tertiary/aromatic N) is 1. The van der Waals surface area contributed by atoms with Gasteiger partial charge in [0.05, 0.1) is 0 Å². The molecule has 0 saturated heterocycles. The van der Waals surface area contributed by atoms with Crippen LogP contribution in [0.15, 0.2) is 116 Å². The Kier molecular flexibility index (Phi) is 7.38. The Balaban J connectivity index is 1.60. The largest absolute Gasteiger partial charge is 0.479 e. The van der Waals surface area contributed by atoms with E-state index in [4.69, 9.17) is 4.74 Å². The summed E-state index contributed by atoms with van der Waals surface area (Å²) in [5, 5.41) is 10.2. The lowest BCUT2D eigenvalue weighted by molar-refractivity contribution is -0.157. The zero-order chi connectivity index (χ0) is 25.7. The molecule has 1 aliphatic rings. The Morgan fingerprint density at radius 2 is 1.65 bits per heavy atom. The molecule has 37 heavy (non-hydrogen) atoms. The first-order valence-corrected chi connectivity index (χ1v) is 13.1. The quantitative estimate of drug-likeness (QED) is 0.241. The minimum atomic E-state index is -1.01. The van der Waals surface area contributed by atoms with E-state index in [-0.39, 0.29) is 5.92 Å². The molecule has 0 fully saturated rings. The maximum Gasteiger partial charge on any atom is 0.333 e. The zero-order valence-corrected chi connectivity index (χ0v) is 21.2. The minimum absolute atomic E-state index is 0.103. The second-order valence-corrected chi connectivity index (χ2v) is 9.70. The van der Waals surface area contributed by atoms with Gasteiger partial charge in [-0.15, -0.1) is 0 Å². The third kappa shape index (κ3) is 5.30. The molecule has 4 nitrogen and oxygen atoms in total. The third-order valence-electron chi connectivity index (χ3n) is 7.16. The lowest BCUT2D eigenvalue weighted by Crippen LogP contribution is -2.38. The summed E-state index contributed by atoms with van der Waals surface area (Å²) in [6, 6.07) is 26.2. The number of allylic oxidation sites excluding steroid dienone is 2. The monoisotopic (exact) mass is 491 g/mol. The van der Waals surface area contributed by atoms with E-state index in [0.29, 0.717) is 6.42 Å². The second kappa shape index (κ2) is 11.0. The molecule has 4 heteroatoms. The predicted octanol–water partition coefficient (Wildman–Crippen LogP) is 7.10. The van der Waals surface area contributed by atoms with Crippen LogP contribution < -0.4 is 0 Å². The van der Waals surface area contributed by atoms with Crippen molar-refractivity contribution in [3.8, 4) is 0 Å². The van der Waals surface area contributed by atoms with E-state index in [2.05, 4.69) is 66.1 Å². The number of carbonyl (C=O) groups is 1. The van der Waals surface area contributed by atoms with Crippen LogP contribution in [-0.4, -0.2) is 21.6 Å². The molecule has 0 bridgehead atoms. The molecule has 2 heterocycles. The Hall–Kier alpha value is -3.89. The van der Waals surface area contributed by atoms with Crippen LogP contribution >= 0.6 is 0 Å². The number of aliphatic carboxylic acids is 1. The second-order valence-electron chi connectivity index (χ2n) is 9.70. The molecule has 0 unspecified atom stereocenters. The van der Waals surface area contributed by atoms with E-state index < -0.39 is 17.7 Å². The van der Waals surface area contributed by atoms with Crippen LogP contribution in [0.1, 0.15) is 47.9 Å². The molecule has 5 rings (SSSR count). The van der Waals surface area contributed by atoms with Gasteiger partial charge in [0.2, 0.25) is 0 Å². The number of fused-ring (bicyclic) bond motifs is 1. The summed E-state index contributed by atoms with van der Waals surface area (Å²) in [6.45, 7) is 2.19. The number of hydrogen-bond donors (Lipinski definition) is 1. The SMILES string of the molecule is CCCCc1c(C2(O[C@H](Cc3ccccc3)C(=O)O)C=CC(c3ccccc3)C=C2)cn2ccccc12. The summed E-state index contributed by atoms with van der Waals surface area (Å²) in [5.41, 5.74) is 4.48. The Morgan fingerprint density at radius 3 is 2.32 bits per heavy atom. The van der Waals surface area contributed by atoms with Gasteiger partial charge < -0.3 is 14.2 Å². The summed E-state index contributed by atoms with van der Waals surface area (Å²) in [7, 11) is 0. The highest BCUT2D eigenvalue weighted by Gasteiger charge is 2.38. The highest BCUT2D eigenvalue weighted by atomic mass is 16.5. The van der Waals surface area contributed by atoms with Crippen LogP contribution in [0, 0.1) is 0 Å². The minimum Gasteiger partial charge on any atom is -0.479 e. The predicted molar refractivity (Wildman–Crippen MR) is 148 cm³/mol. The van der Waals surface area contributed by atoms with Gasteiger partial charge in [-0.05, 0) is 53.8 Å². The van der Waals surface area contributed by atoms with Crippen LogP contribution in [0.2, 0.25) is 0 Å². The first-order valence-electron chi connectivity index (χ1n) is 13.1. The topological polar surface area (TPSA) is 50.9 Å². The average Bonchev–Trinajstić information content (AvgIpc) is 3.32. The Morgan fingerprint density at radius 1 is 0.973 bits per heavy atom. The van der Waals surface area contributed by atoms with Crippen molar-refractivity contribution in [3.63, 3.8) is 0 Å². The number of carboxylic acid groups (broad SMARTS) is 1. The number of benzene rings is 2. The van der Waals surface area contributed by atoms with E-state index in [1.54, 1.807) is 0 Å². The average molecular weight is 492 g/mol. The fourth-order valence-corrected chi connectivity index (χ4v) is 5.21. The van der Waals surface area contributed by atoms with Crippen LogP contribution in [0.25, 0.3) is 5.52 Å². The van der Waals surface area contributed by atoms with Gasteiger partial charge in [-0.2, -0.15) is 0 Å². The first-order chi connectivity index (χ1) is 18.1. The van der Waals surface area contributed by atoms with Gasteiger partial charge in [-0.3, -0.25) is 0 Å². The Bertz CT molecular complexity index is 1390. The summed E-state index contributed by atoms with van der Waals surface area (Å²) in [4.78, 5) is 12.5. The van der Waals surface area contributed by atoms with Crippen LogP contribution in [0.5, 0.6) is 0 Å². The molecule has 0 saturated carbocycles. The van der Waals surface area contributed by atoms with Crippen molar-refractivity contribution in [2.24, 2.45) is 0 Å². The molecule has 2 aromatic carbocycles. The highest BCUT2D eigenvalue weighted by Crippen LogP contribution is 2.41. The van der Waals surface area contributed by atoms with Crippen molar-refractivity contribution < 1.29 is 14.6 Å². The standard InChI is InChI=1S/C33H33NO3/c1-2-3-16-28-29(24-34-22-11-10-17-30(28)34)33(20-18-27(19-21-33)26-14-8-5-9-15-26)37-31(32(35)36)23-25-12-6-4-7-13-25/h4-15,17-22,24,27,31H,2-3,16,23H2,1H3,(H,35,36)/t27?,31-,33?/m1/s1. The molecule has 0 radical (unpaired) electrons. The van der Waals surface area contributed by atoms with Crippen molar-refractivity contribution >= 4 is 11.5 Å². The number of ether oxygens (including phenoxy) is 1. The molecule has 2 aromatic heterocycles. The Labute approximate surface area is 218 Å². The number of unbranched alkanes of at least 4 members (excludes halogenated alkanes) is 1. The van der Waals surface area contributed by atoms with Gasteiger partial charge in [0.15, 0.2) is 6.10 Å². The van der Waals surface area contributed by atoms with Crippen molar-refractivity contribution in [2.75, 3.05) is 0 Å². The number of rotatable bonds is 10. The fraction of sp³-hybridized carbons (Fsp3) is 0.242. The lowest BCUT2D eigenvalue weighted by atomic mass is 9.82. The fourth-order valence-electron chi connectivity index (χ4n) is 5.21. The molecular weight excluding hydrogens is 458 g/mol. The van der Waals surface area contributed by atoms with E-state index in [0.717, 1.165) is 35.9 Å². The third-order valence-corrected chi connectivity index (χ3v) is 7.16. The molecule has 0 aliphatic heterocycles. The van der Waals surface area contributed by atoms with Crippen molar-refractivity contribution in [1.29, 1.82) is 0 Å². The van der Waals surface area contributed by atoms with E-state index in [1.807, 2.05) is 60.8 Å². The van der Waals surface area contributed by atoms with Crippen molar-refractivity contribution in [1.82, 2.24) is 4.40 Å². The van der Waals surface area contributed by atoms with Gasteiger partial charge in [0.25, 0.3) is 0 Å². The van der Waals surface area contributed by atoms with Gasteiger partial charge in [0.1, 0.15) is 5.60 Å². The van der Waals surface area contributed by atoms with Crippen molar-refractivity contribution in [3.05, 3.63) is 138 Å². The van der Waals surface area contributed by atoms with E-state index in [1.165, 1.54) is 11.1 Å². The summed E-state index contributed by atoms with van der Waals surface area (Å²) >= 11 is 0.